The lowest BCUT2D eigenvalue weighted by molar-refractivity contribution is 0.264. The van der Waals surface area contributed by atoms with Gasteiger partial charge in [0.2, 0.25) is 0 Å². The second-order valence-electron chi connectivity index (χ2n) is 6.62. The van der Waals surface area contributed by atoms with Gasteiger partial charge in [-0.3, -0.25) is 0 Å². The minimum absolute atomic E-state index is 0.175. The van der Waals surface area contributed by atoms with Crippen molar-refractivity contribution in [2.24, 2.45) is 5.41 Å². The topological polar surface area (TPSA) is 54.9 Å². The number of fused-ring (bicyclic) bond motifs is 1. The Bertz CT molecular complexity index is 859. The molecule has 21 heavy (non-hydrogen) atoms. The number of nitrogens with one attached hydrogen (secondary N) is 1. The highest BCUT2D eigenvalue weighted by molar-refractivity contribution is 7.91. The first kappa shape index (κ1) is 14.8. The van der Waals surface area contributed by atoms with Crippen LogP contribution in [0.3, 0.4) is 0 Å². The number of hydrogen-bond donors (Lipinski definition) is 1. The first-order valence-corrected chi connectivity index (χ1v) is 9.45. The van der Waals surface area contributed by atoms with Crippen molar-refractivity contribution < 1.29 is 8.42 Å². The molecule has 1 aromatic carbocycles. The number of para-hydroxylation sites is 1. The fourth-order valence-corrected chi connectivity index (χ4v) is 4.71. The molecule has 4 nitrogen and oxygen atoms in total. The second kappa shape index (κ2) is 4.68. The highest BCUT2D eigenvalue weighted by atomic mass is 32.2. The van der Waals surface area contributed by atoms with E-state index in [0.717, 1.165) is 18.4 Å². The summed E-state index contributed by atoms with van der Waals surface area (Å²) >= 11 is 5.49. The van der Waals surface area contributed by atoms with E-state index in [1.807, 2.05) is 6.07 Å². The smallest absolute Gasteiger partial charge is 0.178 e. The van der Waals surface area contributed by atoms with E-state index in [2.05, 4.69) is 23.4 Å². The van der Waals surface area contributed by atoms with E-state index < -0.39 is 9.84 Å². The SMILES string of the molecule is CC1(C)CCCC1n1c(=S)[nH]c2c(S(C)(=O)=O)cccc21. The lowest BCUT2D eigenvalue weighted by atomic mass is 9.87. The third-order valence-electron chi connectivity index (χ3n) is 4.63. The summed E-state index contributed by atoms with van der Waals surface area (Å²) in [5, 5.41) is 0. The Morgan fingerprint density at radius 1 is 1.38 bits per heavy atom. The molecule has 0 radical (unpaired) electrons. The summed E-state index contributed by atoms with van der Waals surface area (Å²) in [7, 11) is -3.28. The molecule has 0 amide bonds. The molecule has 0 aliphatic heterocycles. The molecular formula is C15H20N2O2S2. The Labute approximate surface area is 130 Å². The largest absolute Gasteiger partial charge is 0.329 e. The molecule has 1 atom stereocenters. The maximum atomic E-state index is 12.0. The summed E-state index contributed by atoms with van der Waals surface area (Å²) in [4.78, 5) is 3.44. The molecule has 114 valence electrons. The first-order chi connectivity index (χ1) is 9.72. The van der Waals surface area contributed by atoms with Gasteiger partial charge in [-0.25, -0.2) is 8.42 Å². The number of benzene rings is 1. The average Bonchev–Trinajstić information content (AvgIpc) is 2.85. The molecule has 1 fully saturated rings. The maximum Gasteiger partial charge on any atom is 0.178 e. The van der Waals surface area contributed by atoms with Crippen LogP contribution in [0.2, 0.25) is 0 Å². The van der Waals surface area contributed by atoms with E-state index in [4.69, 9.17) is 12.2 Å². The Hall–Kier alpha value is -1.14. The normalized spacial score (nSPS) is 22.0. The van der Waals surface area contributed by atoms with Gasteiger partial charge in [0.1, 0.15) is 0 Å². The summed E-state index contributed by atoms with van der Waals surface area (Å²) in [6.07, 6.45) is 4.66. The summed E-state index contributed by atoms with van der Waals surface area (Å²) in [5.41, 5.74) is 1.70. The predicted molar refractivity (Wildman–Crippen MR) is 86.9 cm³/mol. The highest BCUT2D eigenvalue weighted by Crippen LogP contribution is 2.47. The van der Waals surface area contributed by atoms with E-state index in [0.29, 0.717) is 21.2 Å². The van der Waals surface area contributed by atoms with Crippen LogP contribution in [0, 0.1) is 10.2 Å². The van der Waals surface area contributed by atoms with Crippen LogP contribution in [0.4, 0.5) is 0 Å². The molecule has 1 aliphatic carbocycles. The Kier molecular flexibility index (Phi) is 3.29. The Balaban J connectivity index is 2.32. The standard InChI is InChI=1S/C15H20N2O2S2/c1-15(2)9-5-8-12(15)17-10-6-4-7-11(21(3,18)19)13(10)16-14(17)20/h4,6-7,12H,5,8-9H2,1-3H3,(H,16,20). The van der Waals surface area contributed by atoms with E-state index in [1.54, 1.807) is 12.1 Å². The minimum atomic E-state index is -3.28. The number of imidazole rings is 1. The van der Waals surface area contributed by atoms with Crippen LogP contribution < -0.4 is 0 Å². The summed E-state index contributed by atoms with van der Waals surface area (Å²) in [6, 6.07) is 5.69. The molecule has 1 unspecified atom stereocenters. The summed E-state index contributed by atoms with van der Waals surface area (Å²) in [5.74, 6) is 0. The molecular weight excluding hydrogens is 304 g/mol. The Morgan fingerprint density at radius 3 is 2.67 bits per heavy atom. The van der Waals surface area contributed by atoms with Crippen LogP contribution in [0.25, 0.3) is 11.0 Å². The summed E-state index contributed by atoms with van der Waals surface area (Å²) < 4.78 is 26.6. The molecule has 6 heteroatoms. The number of rotatable bonds is 2. The predicted octanol–water partition coefficient (Wildman–Crippen LogP) is 3.85. The second-order valence-corrected chi connectivity index (χ2v) is 8.99. The molecule has 3 rings (SSSR count). The molecule has 1 aromatic heterocycles. The molecule has 1 N–H and O–H groups in total. The number of nitrogens with zero attached hydrogens (tertiary/aromatic N) is 1. The number of H-pyrrole nitrogens is 1. The van der Waals surface area contributed by atoms with Gasteiger partial charge in [-0.05, 0) is 42.6 Å². The van der Waals surface area contributed by atoms with Gasteiger partial charge in [0, 0.05) is 12.3 Å². The molecule has 2 aromatic rings. The fraction of sp³-hybridized carbons (Fsp3) is 0.533. The molecule has 1 heterocycles. The van der Waals surface area contributed by atoms with Crippen LogP contribution >= 0.6 is 12.2 Å². The third-order valence-corrected chi connectivity index (χ3v) is 6.06. The first-order valence-electron chi connectivity index (χ1n) is 7.15. The van der Waals surface area contributed by atoms with Crippen molar-refractivity contribution in [2.75, 3.05) is 6.26 Å². The van der Waals surface area contributed by atoms with Gasteiger partial charge in [-0.1, -0.05) is 26.3 Å². The van der Waals surface area contributed by atoms with Crippen LogP contribution in [-0.2, 0) is 9.84 Å². The quantitative estimate of drug-likeness (QED) is 0.854. The zero-order chi connectivity index (χ0) is 15.4. The van der Waals surface area contributed by atoms with Gasteiger partial charge < -0.3 is 9.55 Å². The van der Waals surface area contributed by atoms with Crippen LogP contribution in [0.1, 0.15) is 39.2 Å². The number of aromatic amines is 1. The van der Waals surface area contributed by atoms with Crippen molar-refractivity contribution in [2.45, 2.75) is 44.0 Å². The molecule has 1 aliphatic rings. The molecule has 0 spiro atoms. The minimum Gasteiger partial charge on any atom is -0.329 e. The lowest BCUT2D eigenvalue weighted by Gasteiger charge is -2.28. The van der Waals surface area contributed by atoms with E-state index in [9.17, 15) is 8.42 Å². The van der Waals surface area contributed by atoms with Gasteiger partial charge in [-0.2, -0.15) is 0 Å². The van der Waals surface area contributed by atoms with Gasteiger partial charge in [0.15, 0.2) is 14.6 Å². The van der Waals surface area contributed by atoms with Crippen molar-refractivity contribution in [3.05, 3.63) is 23.0 Å². The van der Waals surface area contributed by atoms with Crippen molar-refractivity contribution >= 4 is 33.1 Å². The van der Waals surface area contributed by atoms with Gasteiger partial charge in [0.25, 0.3) is 0 Å². The zero-order valence-corrected chi connectivity index (χ0v) is 14.1. The van der Waals surface area contributed by atoms with E-state index in [1.165, 1.54) is 12.7 Å². The molecule has 0 bridgehead atoms. The number of sulfone groups is 1. The third kappa shape index (κ3) is 2.34. The lowest BCUT2D eigenvalue weighted by Crippen LogP contribution is -2.21. The van der Waals surface area contributed by atoms with Crippen molar-refractivity contribution in [1.82, 2.24) is 9.55 Å². The van der Waals surface area contributed by atoms with Crippen molar-refractivity contribution in [3.63, 3.8) is 0 Å². The van der Waals surface area contributed by atoms with Crippen molar-refractivity contribution in [1.29, 1.82) is 0 Å². The summed E-state index contributed by atoms with van der Waals surface area (Å²) in [6.45, 7) is 4.51. The molecule has 1 saturated carbocycles. The Morgan fingerprint density at radius 2 is 2.10 bits per heavy atom. The number of hydrogen-bond acceptors (Lipinski definition) is 3. The van der Waals surface area contributed by atoms with Crippen LogP contribution in [0.5, 0.6) is 0 Å². The molecule has 0 saturated heterocycles. The monoisotopic (exact) mass is 324 g/mol. The number of aromatic nitrogens is 2. The van der Waals surface area contributed by atoms with E-state index >= 15 is 0 Å². The van der Waals surface area contributed by atoms with E-state index in [-0.39, 0.29) is 5.41 Å². The highest BCUT2D eigenvalue weighted by Gasteiger charge is 2.37. The maximum absolute atomic E-state index is 12.0. The van der Waals surface area contributed by atoms with Crippen LogP contribution in [0.15, 0.2) is 23.1 Å². The van der Waals surface area contributed by atoms with Gasteiger partial charge >= 0.3 is 0 Å². The van der Waals surface area contributed by atoms with Crippen molar-refractivity contribution in [3.8, 4) is 0 Å². The fourth-order valence-electron chi connectivity index (χ4n) is 3.53. The van der Waals surface area contributed by atoms with Crippen LogP contribution in [-0.4, -0.2) is 24.2 Å². The van der Waals surface area contributed by atoms with Gasteiger partial charge in [0.05, 0.1) is 15.9 Å². The van der Waals surface area contributed by atoms with Gasteiger partial charge in [-0.15, -0.1) is 0 Å². The average molecular weight is 324 g/mol. The zero-order valence-electron chi connectivity index (χ0n) is 12.5.